The molecule has 7 nitrogen and oxygen atoms in total. The molecule has 0 aliphatic heterocycles. The number of nitrogens with one attached hydrogen (secondary N) is 1. The van der Waals surface area contributed by atoms with E-state index in [0.29, 0.717) is 5.69 Å². The van der Waals surface area contributed by atoms with Gasteiger partial charge in [0.05, 0.1) is 27.7 Å². The van der Waals surface area contributed by atoms with Crippen molar-refractivity contribution in [1.29, 1.82) is 0 Å². The topological polar surface area (TPSA) is 92.8 Å². The van der Waals surface area contributed by atoms with Crippen molar-refractivity contribution in [2.45, 2.75) is 31.2 Å². The Morgan fingerprint density at radius 1 is 1.23 bits per heavy atom. The first-order valence-electron chi connectivity index (χ1n) is 9.65. The molecule has 0 unspecified atom stereocenters. The number of nitrogens with zero attached hydrogens (tertiary/aromatic N) is 1. The van der Waals surface area contributed by atoms with Crippen LogP contribution in [0.1, 0.15) is 30.6 Å². The van der Waals surface area contributed by atoms with E-state index in [2.05, 4.69) is 11.9 Å². The molecule has 0 aliphatic rings. The zero-order valence-electron chi connectivity index (χ0n) is 17.4. The Labute approximate surface area is 187 Å². The molecule has 0 aliphatic carbocycles. The Kier molecular flexibility index (Phi) is 8.65. The standard InChI is InChI=1S/C22H25ClN2O5S/c1-4-13-25(17-9-7-6-8-10-17)31(28,29)18-11-12-20(23)19(14-18)22(27)30-15-21(26)24-16(3)5-2/h4,6-12,14,16H,1,5,13,15H2,2-3H3,(H,24,26)/t16-/m1/s1. The summed E-state index contributed by atoms with van der Waals surface area (Å²) in [6.45, 7) is 6.89. The van der Waals surface area contributed by atoms with Crippen LogP contribution in [-0.2, 0) is 19.6 Å². The molecule has 2 aromatic carbocycles. The van der Waals surface area contributed by atoms with E-state index in [-0.39, 0.29) is 28.1 Å². The monoisotopic (exact) mass is 464 g/mol. The number of sulfonamides is 1. The van der Waals surface area contributed by atoms with Gasteiger partial charge in [-0.15, -0.1) is 6.58 Å². The van der Waals surface area contributed by atoms with E-state index in [4.69, 9.17) is 16.3 Å². The lowest BCUT2D eigenvalue weighted by atomic mass is 10.2. The normalized spacial score (nSPS) is 12.0. The highest BCUT2D eigenvalue weighted by Gasteiger charge is 2.26. The largest absolute Gasteiger partial charge is 0.452 e. The van der Waals surface area contributed by atoms with Crippen LogP contribution in [0.5, 0.6) is 0 Å². The van der Waals surface area contributed by atoms with Gasteiger partial charge in [0.15, 0.2) is 6.61 Å². The van der Waals surface area contributed by atoms with E-state index in [1.807, 2.05) is 13.8 Å². The average molecular weight is 465 g/mol. The Balaban J connectivity index is 2.29. The Morgan fingerprint density at radius 2 is 1.90 bits per heavy atom. The minimum absolute atomic E-state index is 0.0151. The van der Waals surface area contributed by atoms with Crippen LogP contribution in [0.3, 0.4) is 0 Å². The summed E-state index contributed by atoms with van der Waals surface area (Å²) in [6.07, 6.45) is 2.19. The molecular formula is C22H25ClN2O5S. The van der Waals surface area contributed by atoms with E-state index < -0.39 is 28.5 Å². The van der Waals surface area contributed by atoms with Crippen molar-refractivity contribution in [3.8, 4) is 0 Å². The van der Waals surface area contributed by atoms with Gasteiger partial charge in [-0.1, -0.05) is 42.8 Å². The van der Waals surface area contributed by atoms with Crippen molar-refractivity contribution in [1.82, 2.24) is 5.32 Å². The second-order valence-corrected chi connectivity index (χ2v) is 9.02. The Morgan fingerprint density at radius 3 is 2.52 bits per heavy atom. The van der Waals surface area contributed by atoms with E-state index in [1.165, 1.54) is 18.2 Å². The molecule has 2 rings (SSSR count). The number of hydrogen-bond acceptors (Lipinski definition) is 5. The molecule has 0 bridgehead atoms. The molecule has 0 heterocycles. The number of esters is 1. The fraction of sp³-hybridized carbons (Fsp3) is 0.273. The molecule has 0 fully saturated rings. The SMILES string of the molecule is C=CCN(c1ccccc1)S(=O)(=O)c1ccc(Cl)c(C(=O)OCC(=O)N[C@H](C)CC)c1. The van der Waals surface area contributed by atoms with Gasteiger partial charge in [-0.2, -0.15) is 0 Å². The summed E-state index contributed by atoms with van der Waals surface area (Å²) in [6, 6.07) is 12.2. The summed E-state index contributed by atoms with van der Waals surface area (Å²) < 4.78 is 32.7. The molecule has 1 amide bonds. The number of halogens is 1. The summed E-state index contributed by atoms with van der Waals surface area (Å²) in [7, 11) is -4.02. The van der Waals surface area contributed by atoms with Crippen molar-refractivity contribution in [3.05, 3.63) is 71.8 Å². The number of para-hydroxylation sites is 1. The van der Waals surface area contributed by atoms with Gasteiger partial charge in [-0.05, 0) is 43.7 Å². The first-order valence-corrected chi connectivity index (χ1v) is 11.5. The fourth-order valence-corrected chi connectivity index (χ4v) is 4.29. The summed E-state index contributed by atoms with van der Waals surface area (Å²) in [5.41, 5.74) is 0.300. The number of carbonyl (C=O) groups is 2. The Hall–Kier alpha value is -2.84. The van der Waals surface area contributed by atoms with Gasteiger partial charge in [0, 0.05) is 6.04 Å². The molecule has 2 aromatic rings. The van der Waals surface area contributed by atoms with Gasteiger partial charge in [0.1, 0.15) is 0 Å². The summed E-state index contributed by atoms with van der Waals surface area (Å²) in [4.78, 5) is 24.2. The lowest BCUT2D eigenvalue weighted by Gasteiger charge is -2.23. The van der Waals surface area contributed by atoms with Gasteiger partial charge >= 0.3 is 5.97 Å². The minimum Gasteiger partial charge on any atom is -0.452 e. The highest BCUT2D eigenvalue weighted by molar-refractivity contribution is 7.92. The number of amides is 1. The van der Waals surface area contributed by atoms with Crippen LogP contribution >= 0.6 is 11.6 Å². The van der Waals surface area contributed by atoms with Crippen molar-refractivity contribution < 1.29 is 22.7 Å². The first kappa shape index (κ1) is 24.4. The van der Waals surface area contributed by atoms with Crippen molar-refractivity contribution in [2.24, 2.45) is 0 Å². The van der Waals surface area contributed by atoms with Crippen LogP contribution < -0.4 is 9.62 Å². The van der Waals surface area contributed by atoms with Crippen LogP contribution in [0.2, 0.25) is 5.02 Å². The molecule has 9 heteroatoms. The van der Waals surface area contributed by atoms with Crippen LogP contribution in [0, 0.1) is 0 Å². The van der Waals surface area contributed by atoms with Crippen LogP contribution in [0.4, 0.5) is 5.69 Å². The maximum absolute atomic E-state index is 13.2. The third kappa shape index (κ3) is 6.32. The molecule has 0 saturated heterocycles. The van der Waals surface area contributed by atoms with Crippen molar-refractivity contribution in [3.63, 3.8) is 0 Å². The minimum atomic E-state index is -4.02. The number of ether oxygens (including phenoxy) is 1. The predicted molar refractivity (Wildman–Crippen MR) is 121 cm³/mol. The van der Waals surface area contributed by atoms with Crippen LogP contribution in [0.25, 0.3) is 0 Å². The van der Waals surface area contributed by atoms with E-state index in [0.717, 1.165) is 16.8 Å². The highest BCUT2D eigenvalue weighted by atomic mass is 35.5. The lowest BCUT2D eigenvalue weighted by molar-refractivity contribution is -0.124. The zero-order valence-corrected chi connectivity index (χ0v) is 18.9. The lowest BCUT2D eigenvalue weighted by Crippen LogP contribution is -2.35. The molecule has 0 spiro atoms. The molecule has 0 saturated carbocycles. The smallest absolute Gasteiger partial charge is 0.340 e. The number of anilines is 1. The third-order valence-corrected chi connectivity index (χ3v) is 6.56. The molecule has 166 valence electrons. The quantitative estimate of drug-likeness (QED) is 0.426. The van der Waals surface area contributed by atoms with Gasteiger partial charge in [-0.3, -0.25) is 9.10 Å². The van der Waals surface area contributed by atoms with Gasteiger partial charge in [0.25, 0.3) is 15.9 Å². The van der Waals surface area contributed by atoms with Crippen molar-refractivity contribution in [2.75, 3.05) is 17.5 Å². The number of carbonyl (C=O) groups excluding carboxylic acids is 2. The van der Waals surface area contributed by atoms with Crippen LogP contribution in [-0.4, -0.2) is 39.5 Å². The number of rotatable bonds is 10. The first-order chi connectivity index (χ1) is 14.7. The fourth-order valence-electron chi connectivity index (χ4n) is 2.63. The second kappa shape index (κ2) is 11.0. The maximum atomic E-state index is 13.2. The highest BCUT2D eigenvalue weighted by Crippen LogP contribution is 2.27. The van der Waals surface area contributed by atoms with E-state index in [1.54, 1.807) is 30.3 Å². The second-order valence-electron chi connectivity index (χ2n) is 6.75. The Bertz CT molecular complexity index is 1040. The molecule has 0 aromatic heterocycles. The van der Waals surface area contributed by atoms with E-state index in [9.17, 15) is 18.0 Å². The summed E-state index contributed by atoms with van der Waals surface area (Å²) in [5, 5.41) is 2.69. The van der Waals surface area contributed by atoms with Gasteiger partial charge < -0.3 is 10.1 Å². The van der Waals surface area contributed by atoms with E-state index >= 15 is 0 Å². The summed E-state index contributed by atoms with van der Waals surface area (Å²) >= 11 is 6.10. The van der Waals surface area contributed by atoms with Gasteiger partial charge in [-0.25, -0.2) is 13.2 Å². The molecule has 1 N–H and O–H groups in total. The zero-order chi connectivity index (χ0) is 23.0. The number of benzene rings is 2. The number of hydrogen-bond donors (Lipinski definition) is 1. The van der Waals surface area contributed by atoms with Crippen molar-refractivity contribution >= 4 is 39.2 Å². The molecule has 1 atom stereocenters. The average Bonchev–Trinajstić information content (AvgIpc) is 2.76. The molecule has 31 heavy (non-hydrogen) atoms. The van der Waals surface area contributed by atoms with Crippen LogP contribution in [0.15, 0.2) is 66.1 Å². The molecule has 0 radical (unpaired) electrons. The summed E-state index contributed by atoms with van der Waals surface area (Å²) in [5.74, 6) is -1.35. The third-order valence-electron chi connectivity index (χ3n) is 4.44. The maximum Gasteiger partial charge on any atom is 0.340 e. The molecular weight excluding hydrogens is 440 g/mol. The van der Waals surface area contributed by atoms with Gasteiger partial charge in [0.2, 0.25) is 0 Å². The predicted octanol–water partition coefficient (Wildman–Crippen LogP) is 3.79.